The summed E-state index contributed by atoms with van der Waals surface area (Å²) in [5.74, 6) is 0.818. The highest BCUT2D eigenvalue weighted by Crippen LogP contribution is 2.09. The second-order valence-electron chi connectivity index (χ2n) is 4.93. The molecule has 84 valence electrons. The van der Waals surface area contributed by atoms with Crippen LogP contribution < -0.4 is 5.32 Å². The van der Waals surface area contributed by atoms with Crippen molar-refractivity contribution in [2.45, 2.75) is 46.1 Å². The van der Waals surface area contributed by atoms with E-state index in [1.807, 2.05) is 0 Å². The van der Waals surface area contributed by atoms with E-state index in [0.717, 1.165) is 12.0 Å². The Kier molecular flexibility index (Phi) is 5.49. The number of hydrogen-bond acceptors (Lipinski definition) is 2. The van der Waals surface area contributed by atoms with Crippen LogP contribution in [-0.4, -0.2) is 37.1 Å². The lowest BCUT2D eigenvalue weighted by molar-refractivity contribution is 0.184. The second-order valence-corrected chi connectivity index (χ2v) is 4.93. The van der Waals surface area contributed by atoms with Crippen molar-refractivity contribution in [2.24, 2.45) is 5.92 Å². The second kappa shape index (κ2) is 6.41. The third kappa shape index (κ3) is 4.43. The minimum Gasteiger partial charge on any atom is -0.311 e. The summed E-state index contributed by atoms with van der Waals surface area (Å²) < 4.78 is 0. The summed E-state index contributed by atoms with van der Waals surface area (Å²) in [7, 11) is 0. The maximum Gasteiger partial charge on any atom is 0.0197 e. The van der Waals surface area contributed by atoms with Gasteiger partial charge < -0.3 is 10.2 Å². The third-order valence-electron chi connectivity index (χ3n) is 2.92. The highest BCUT2D eigenvalue weighted by Gasteiger charge is 2.18. The summed E-state index contributed by atoms with van der Waals surface area (Å²) in [6.07, 6.45) is 4.00. The number of hydrogen-bond donors (Lipinski definition) is 1. The summed E-state index contributed by atoms with van der Waals surface area (Å²) in [6, 6.07) is 0.737. The Morgan fingerprint density at radius 1 is 1.43 bits per heavy atom. The quantitative estimate of drug-likeness (QED) is 0.728. The highest BCUT2D eigenvalue weighted by atomic mass is 15.2. The van der Waals surface area contributed by atoms with Crippen molar-refractivity contribution in [2.75, 3.05) is 26.2 Å². The van der Waals surface area contributed by atoms with Gasteiger partial charge in [0.25, 0.3) is 0 Å². The van der Waals surface area contributed by atoms with E-state index in [2.05, 4.69) is 31.0 Å². The van der Waals surface area contributed by atoms with Gasteiger partial charge in [0.15, 0.2) is 0 Å². The average molecular weight is 198 g/mol. The average Bonchev–Trinajstić information content (AvgIpc) is 2.14. The molecule has 0 bridgehead atoms. The van der Waals surface area contributed by atoms with Gasteiger partial charge in [0, 0.05) is 25.7 Å². The molecule has 1 unspecified atom stereocenters. The maximum atomic E-state index is 3.62. The van der Waals surface area contributed by atoms with Crippen molar-refractivity contribution in [3.05, 3.63) is 0 Å². The molecule has 2 nitrogen and oxygen atoms in total. The lowest BCUT2D eigenvalue weighted by Gasteiger charge is -2.34. The molecule has 1 atom stereocenters. The first kappa shape index (κ1) is 12.0. The third-order valence-corrected chi connectivity index (χ3v) is 2.92. The van der Waals surface area contributed by atoms with E-state index in [-0.39, 0.29) is 0 Å². The van der Waals surface area contributed by atoms with Crippen molar-refractivity contribution < 1.29 is 0 Å². The van der Waals surface area contributed by atoms with E-state index < -0.39 is 0 Å². The lowest BCUT2D eigenvalue weighted by atomic mass is 10.0. The molecule has 0 aromatic carbocycles. The molecule has 1 aliphatic rings. The first-order chi connectivity index (χ1) is 6.72. The van der Waals surface area contributed by atoms with E-state index in [9.17, 15) is 0 Å². The zero-order chi connectivity index (χ0) is 10.4. The van der Waals surface area contributed by atoms with Crippen LogP contribution in [0.5, 0.6) is 0 Å². The van der Waals surface area contributed by atoms with Crippen LogP contribution in [0.25, 0.3) is 0 Å². The fraction of sp³-hybridized carbons (Fsp3) is 1.00. The molecule has 0 aromatic rings. The molecular formula is C12H26N2. The monoisotopic (exact) mass is 198 g/mol. The van der Waals surface area contributed by atoms with E-state index in [0.29, 0.717) is 0 Å². The van der Waals surface area contributed by atoms with Crippen LogP contribution in [0.4, 0.5) is 0 Å². The minimum absolute atomic E-state index is 0.737. The number of nitrogens with one attached hydrogen (secondary N) is 1. The molecule has 1 heterocycles. The van der Waals surface area contributed by atoms with Crippen LogP contribution >= 0.6 is 0 Å². The number of nitrogens with zero attached hydrogens (tertiary/aromatic N) is 1. The normalized spacial score (nSPS) is 24.4. The number of piperazine rings is 1. The van der Waals surface area contributed by atoms with Gasteiger partial charge in [0.2, 0.25) is 0 Å². The van der Waals surface area contributed by atoms with Crippen molar-refractivity contribution in [3.8, 4) is 0 Å². The van der Waals surface area contributed by atoms with Gasteiger partial charge in [-0.1, -0.05) is 27.2 Å². The molecular weight excluding hydrogens is 172 g/mol. The molecule has 14 heavy (non-hydrogen) atoms. The smallest absolute Gasteiger partial charge is 0.0197 e. The summed E-state index contributed by atoms with van der Waals surface area (Å²) in [6.45, 7) is 11.9. The molecule has 0 aromatic heterocycles. The minimum atomic E-state index is 0.737. The van der Waals surface area contributed by atoms with Gasteiger partial charge in [-0.2, -0.15) is 0 Å². The van der Waals surface area contributed by atoms with Gasteiger partial charge >= 0.3 is 0 Å². The van der Waals surface area contributed by atoms with Crippen LogP contribution in [0.1, 0.15) is 40.0 Å². The van der Waals surface area contributed by atoms with E-state index in [1.165, 1.54) is 45.4 Å². The van der Waals surface area contributed by atoms with E-state index in [1.54, 1.807) is 0 Å². The fourth-order valence-corrected chi connectivity index (χ4v) is 2.21. The Morgan fingerprint density at radius 2 is 2.21 bits per heavy atom. The van der Waals surface area contributed by atoms with E-state index in [4.69, 9.17) is 0 Å². The van der Waals surface area contributed by atoms with Crippen molar-refractivity contribution >= 4 is 0 Å². The predicted molar refractivity (Wildman–Crippen MR) is 62.6 cm³/mol. The van der Waals surface area contributed by atoms with E-state index >= 15 is 0 Å². The largest absolute Gasteiger partial charge is 0.311 e. The SMILES string of the molecule is CCCCN1CCNC(CC(C)C)C1. The lowest BCUT2D eigenvalue weighted by Crippen LogP contribution is -2.51. The molecule has 0 amide bonds. The molecule has 1 fully saturated rings. The van der Waals surface area contributed by atoms with Crippen molar-refractivity contribution in [1.29, 1.82) is 0 Å². The van der Waals surface area contributed by atoms with Gasteiger partial charge in [-0.15, -0.1) is 0 Å². The molecule has 1 rings (SSSR count). The molecule has 0 saturated carbocycles. The van der Waals surface area contributed by atoms with Crippen LogP contribution in [0.3, 0.4) is 0 Å². The maximum absolute atomic E-state index is 3.62. The summed E-state index contributed by atoms with van der Waals surface area (Å²) >= 11 is 0. The number of rotatable bonds is 5. The van der Waals surface area contributed by atoms with Crippen LogP contribution in [-0.2, 0) is 0 Å². The van der Waals surface area contributed by atoms with Gasteiger partial charge in [0.05, 0.1) is 0 Å². The molecule has 1 aliphatic heterocycles. The fourth-order valence-electron chi connectivity index (χ4n) is 2.21. The van der Waals surface area contributed by atoms with Gasteiger partial charge in [-0.25, -0.2) is 0 Å². The summed E-state index contributed by atoms with van der Waals surface area (Å²) in [5, 5.41) is 3.62. The standard InChI is InChI=1S/C12H26N2/c1-4-5-7-14-8-6-13-12(10-14)9-11(2)3/h11-13H,4-10H2,1-3H3. The molecule has 1 saturated heterocycles. The summed E-state index contributed by atoms with van der Waals surface area (Å²) in [5.41, 5.74) is 0. The van der Waals surface area contributed by atoms with Gasteiger partial charge in [-0.3, -0.25) is 0 Å². The molecule has 0 aliphatic carbocycles. The zero-order valence-corrected chi connectivity index (χ0v) is 10.1. The van der Waals surface area contributed by atoms with Crippen molar-refractivity contribution in [3.63, 3.8) is 0 Å². The van der Waals surface area contributed by atoms with Crippen LogP contribution in [0.2, 0.25) is 0 Å². The van der Waals surface area contributed by atoms with Crippen LogP contribution in [0.15, 0.2) is 0 Å². The van der Waals surface area contributed by atoms with Gasteiger partial charge in [0.1, 0.15) is 0 Å². The first-order valence-corrected chi connectivity index (χ1v) is 6.18. The number of unbranched alkanes of at least 4 members (excludes halogenated alkanes) is 1. The van der Waals surface area contributed by atoms with Crippen LogP contribution in [0, 0.1) is 5.92 Å². The molecule has 0 spiro atoms. The first-order valence-electron chi connectivity index (χ1n) is 6.18. The molecule has 1 N–H and O–H groups in total. The Morgan fingerprint density at radius 3 is 2.86 bits per heavy atom. The highest BCUT2D eigenvalue weighted by molar-refractivity contribution is 4.79. The Balaban J connectivity index is 2.21. The van der Waals surface area contributed by atoms with Crippen molar-refractivity contribution in [1.82, 2.24) is 10.2 Å². The topological polar surface area (TPSA) is 15.3 Å². The Bertz CT molecular complexity index is 145. The molecule has 0 radical (unpaired) electrons. The predicted octanol–water partition coefficient (Wildman–Crippen LogP) is 2.11. The summed E-state index contributed by atoms with van der Waals surface area (Å²) in [4.78, 5) is 2.62. The molecule has 2 heteroatoms. The Hall–Kier alpha value is -0.0800. The van der Waals surface area contributed by atoms with Gasteiger partial charge in [-0.05, 0) is 25.3 Å². The Labute approximate surface area is 89.1 Å². The zero-order valence-electron chi connectivity index (χ0n) is 10.1.